The van der Waals surface area contributed by atoms with Crippen molar-refractivity contribution in [2.75, 3.05) is 32.2 Å². The van der Waals surface area contributed by atoms with Crippen LogP contribution < -0.4 is 14.5 Å². The maximum atomic E-state index is 16.7. The molecule has 3 heterocycles. The van der Waals surface area contributed by atoms with Crippen molar-refractivity contribution in [1.29, 1.82) is 0 Å². The molecule has 0 unspecified atom stereocenters. The van der Waals surface area contributed by atoms with Gasteiger partial charge >= 0.3 is 12.6 Å². The molecule has 0 radical (unpaired) electrons. The van der Waals surface area contributed by atoms with Crippen molar-refractivity contribution in [2.45, 2.75) is 71.4 Å². The summed E-state index contributed by atoms with van der Waals surface area (Å²) in [5.74, 6) is -2.59. The molecule has 16 heteroatoms. The van der Waals surface area contributed by atoms with E-state index in [4.69, 9.17) is 30.3 Å². The number of halogens is 2. The van der Waals surface area contributed by atoms with Gasteiger partial charge < -0.3 is 28.5 Å². The molecule has 0 amide bonds. The van der Waals surface area contributed by atoms with Crippen LogP contribution in [0.25, 0.3) is 21.9 Å². The number of esters is 1. The van der Waals surface area contributed by atoms with Gasteiger partial charge in [-0.25, -0.2) is 28.8 Å². The van der Waals surface area contributed by atoms with Gasteiger partial charge in [0.2, 0.25) is 0 Å². The Kier molecular flexibility index (Phi) is 9.88. The quantitative estimate of drug-likeness (QED) is 0.150. The summed E-state index contributed by atoms with van der Waals surface area (Å²) in [7, 11) is 3.53. The van der Waals surface area contributed by atoms with Gasteiger partial charge in [0.15, 0.2) is 35.0 Å². The van der Waals surface area contributed by atoms with Crippen molar-refractivity contribution in [3.05, 3.63) is 54.6 Å². The molecule has 1 aliphatic rings. The highest BCUT2D eigenvalue weighted by molar-refractivity contribution is 8.09. The Hall–Kier alpha value is -3.33. The minimum Gasteiger partial charge on any atom is -0.464 e. The topological polar surface area (TPSA) is 133 Å². The summed E-state index contributed by atoms with van der Waals surface area (Å²) >= 11 is 5.82. The van der Waals surface area contributed by atoms with E-state index < -0.39 is 49.1 Å². The number of benzene rings is 2. The third-order valence-corrected chi connectivity index (χ3v) is 10.1. The Morgan fingerprint density at radius 2 is 1.90 bits per heavy atom. The number of imidazole rings is 1. The van der Waals surface area contributed by atoms with Crippen molar-refractivity contribution in [1.82, 2.24) is 24.6 Å². The predicted molar refractivity (Wildman–Crippen MR) is 182 cm³/mol. The second-order valence-corrected chi connectivity index (χ2v) is 16.6. The molecule has 12 nitrogen and oxygen atoms in total. The van der Waals surface area contributed by atoms with Crippen molar-refractivity contribution < 1.29 is 37.2 Å². The van der Waals surface area contributed by atoms with Gasteiger partial charge in [-0.2, -0.15) is 0 Å². The molecule has 2 aromatic carbocycles. The van der Waals surface area contributed by atoms with E-state index in [-0.39, 0.29) is 17.7 Å². The second-order valence-electron chi connectivity index (χ2n) is 13.5. The highest BCUT2D eigenvalue weighted by atomic mass is 32.5. The SMILES string of the molecule is Cc1nc(N(C)C)c2ncn([C@@H]3O[C@](F)(CO[P@@](=S)(N[C@@H](C)C(=O)OCC(C)(C)C)Oc4cccc5ccccc45)[C@@H](O)[C@@]3(C)F)c2n1. The molecule has 2 N–H and O–H groups in total. The highest BCUT2D eigenvalue weighted by Gasteiger charge is 2.65. The number of carbonyl (C=O) groups excluding carboxylic acids is 1. The van der Waals surface area contributed by atoms with E-state index in [1.807, 2.05) is 51.1 Å². The number of fused-ring (bicyclic) bond motifs is 2. The highest BCUT2D eigenvalue weighted by Crippen LogP contribution is 2.53. The molecule has 5 rings (SSSR count). The monoisotopic (exact) mass is 706 g/mol. The first kappa shape index (κ1) is 36.0. The van der Waals surface area contributed by atoms with E-state index in [1.54, 1.807) is 38.1 Å². The zero-order valence-electron chi connectivity index (χ0n) is 28.1. The summed E-state index contributed by atoms with van der Waals surface area (Å²) in [5, 5.41) is 15.5. The first-order chi connectivity index (χ1) is 22.3. The standard InChI is InChI=1S/C32H41F2N6O6PS/c1-19(27(41)43-16-30(3,4)5)38-47(48,46-23-15-11-13-21-12-9-10-14-22(21)23)44-17-32(34)28(42)31(6,33)29(45-32)40-18-35-24-25(39(7)8)36-20(2)37-26(24)40/h9-15,18-19,28-29,42H,16-17H2,1-8H3,(H,38,48)/t19-,28-,29+,31+,32+,47-/m0/s1. The van der Waals surface area contributed by atoms with Gasteiger partial charge in [-0.05, 0) is 49.4 Å². The summed E-state index contributed by atoms with van der Waals surface area (Å²) in [6, 6.07) is 11.6. The number of nitrogens with one attached hydrogen (secondary N) is 1. The largest absolute Gasteiger partial charge is 0.464 e. The normalized spacial score (nSPS) is 24.8. The van der Waals surface area contributed by atoms with Crippen LogP contribution in [0.15, 0.2) is 48.8 Å². The number of alkyl halides is 2. The number of aliphatic hydroxyl groups excluding tert-OH is 1. The molecule has 48 heavy (non-hydrogen) atoms. The van der Waals surface area contributed by atoms with Crippen LogP contribution in [0, 0.1) is 12.3 Å². The third-order valence-electron chi connectivity index (χ3n) is 7.68. The molecule has 0 spiro atoms. The van der Waals surface area contributed by atoms with Gasteiger partial charge in [-0.3, -0.25) is 9.36 Å². The number of aliphatic hydroxyl groups is 1. The van der Waals surface area contributed by atoms with E-state index >= 15 is 8.78 Å². The molecule has 1 saturated heterocycles. The summed E-state index contributed by atoms with van der Waals surface area (Å²) in [5.41, 5.74) is -2.45. The van der Waals surface area contributed by atoms with Gasteiger partial charge in [0.1, 0.15) is 24.2 Å². The lowest BCUT2D eigenvalue weighted by Crippen LogP contribution is -2.47. The lowest BCUT2D eigenvalue weighted by molar-refractivity contribution is -0.202. The van der Waals surface area contributed by atoms with Crippen LogP contribution in [-0.2, 0) is 30.6 Å². The second kappa shape index (κ2) is 13.2. The fraction of sp³-hybridized carbons (Fsp3) is 0.500. The molecule has 0 aliphatic carbocycles. The number of carbonyl (C=O) groups is 1. The van der Waals surface area contributed by atoms with Gasteiger partial charge in [0.25, 0.3) is 5.85 Å². The lowest BCUT2D eigenvalue weighted by atomic mass is 9.97. The van der Waals surface area contributed by atoms with Crippen LogP contribution in [0.5, 0.6) is 5.75 Å². The van der Waals surface area contributed by atoms with Crippen LogP contribution in [0.2, 0.25) is 0 Å². The molecular formula is C32H41F2N6O6PS. The minimum absolute atomic E-state index is 0.138. The van der Waals surface area contributed by atoms with Crippen LogP contribution in [0.4, 0.5) is 14.6 Å². The predicted octanol–water partition coefficient (Wildman–Crippen LogP) is 5.53. The van der Waals surface area contributed by atoms with Crippen LogP contribution in [0.1, 0.15) is 46.7 Å². The Morgan fingerprint density at radius 1 is 1.21 bits per heavy atom. The van der Waals surface area contributed by atoms with E-state index in [0.29, 0.717) is 28.3 Å². The number of rotatable bonds is 11. The maximum Gasteiger partial charge on any atom is 0.323 e. The Balaban J connectivity index is 1.45. The zero-order valence-corrected chi connectivity index (χ0v) is 29.8. The van der Waals surface area contributed by atoms with Gasteiger partial charge in [0, 0.05) is 19.5 Å². The summed E-state index contributed by atoms with van der Waals surface area (Å²) in [6.45, 7) is 5.18. The minimum atomic E-state index is -3.84. The van der Waals surface area contributed by atoms with Crippen LogP contribution >= 0.6 is 6.64 Å². The molecule has 260 valence electrons. The van der Waals surface area contributed by atoms with Crippen molar-refractivity contribution >= 4 is 52.2 Å². The Morgan fingerprint density at radius 3 is 2.58 bits per heavy atom. The molecule has 1 aliphatic heterocycles. The van der Waals surface area contributed by atoms with Gasteiger partial charge in [-0.15, -0.1) is 0 Å². The van der Waals surface area contributed by atoms with Crippen molar-refractivity contribution in [3.63, 3.8) is 0 Å². The molecular weight excluding hydrogens is 665 g/mol. The van der Waals surface area contributed by atoms with Crippen LogP contribution in [-0.4, -0.2) is 81.6 Å². The molecule has 0 bridgehead atoms. The summed E-state index contributed by atoms with van der Waals surface area (Å²) in [6.07, 6.45) is -2.78. The Labute approximate surface area is 283 Å². The average Bonchev–Trinajstić information content (AvgIpc) is 3.50. The average molecular weight is 707 g/mol. The van der Waals surface area contributed by atoms with E-state index in [0.717, 1.165) is 12.3 Å². The van der Waals surface area contributed by atoms with Crippen molar-refractivity contribution in [2.24, 2.45) is 5.41 Å². The van der Waals surface area contributed by atoms with E-state index in [9.17, 15) is 9.90 Å². The number of anilines is 1. The third kappa shape index (κ3) is 7.31. The number of aryl methyl sites for hydroxylation is 1. The number of ether oxygens (including phenoxy) is 2. The van der Waals surface area contributed by atoms with Gasteiger partial charge in [0.05, 0.1) is 12.9 Å². The first-order valence-electron chi connectivity index (χ1n) is 15.3. The summed E-state index contributed by atoms with van der Waals surface area (Å²) < 4.78 is 57.5. The van der Waals surface area contributed by atoms with Gasteiger partial charge in [-0.1, -0.05) is 57.2 Å². The van der Waals surface area contributed by atoms with E-state index in [2.05, 4.69) is 20.0 Å². The zero-order chi connectivity index (χ0) is 35.2. The van der Waals surface area contributed by atoms with Crippen molar-refractivity contribution in [3.8, 4) is 5.75 Å². The molecule has 0 saturated carbocycles. The van der Waals surface area contributed by atoms with Crippen LogP contribution in [0.3, 0.4) is 0 Å². The first-order valence-corrected chi connectivity index (χ1v) is 18.0. The fourth-order valence-electron chi connectivity index (χ4n) is 5.22. The fourth-order valence-corrected chi connectivity index (χ4v) is 7.62. The molecule has 4 aromatic rings. The number of hydrogen-bond donors (Lipinski definition) is 2. The number of hydrogen-bond acceptors (Lipinski definition) is 11. The smallest absolute Gasteiger partial charge is 0.323 e. The number of aromatic nitrogens is 4. The number of nitrogens with zero attached hydrogens (tertiary/aromatic N) is 5. The Bertz CT molecular complexity index is 1860. The van der Waals surface area contributed by atoms with E-state index in [1.165, 1.54) is 17.8 Å². The lowest BCUT2D eigenvalue weighted by Gasteiger charge is -2.30. The maximum absolute atomic E-state index is 16.7. The molecule has 2 aromatic heterocycles. The molecule has 6 atom stereocenters. The molecule has 1 fully saturated rings. The summed E-state index contributed by atoms with van der Waals surface area (Å²) in [4.78, 5) is 27.8.